The van der Waals surface area contributed by atoms with Crippen molar-refractivity contribution in [1.82, 2.24) is 14.9 Å². The SMILES string of the molecule is O=C(NC1CCNCC1)C1CCCN1S(=O)(=O)c1ccccc1. The summed E-state index contributed by atoms with van der Waals surface area (Å²) in [5.41, 5.74) is 0. The molecule has 2 N–H and O–H groups in total. The predicted octanol–water partition coefficient (Wildman–Crippen LogP) is 0.708. The number of carbonyl (C=O) groups is 1. The van der Waals surface area contributed by atoms with Gasteiger partial charge in [-0.25, -0.2) is 8.42 Å². The molecule has 1 aromatic carbocycles. The zero-order chi connectivity index (χ0) is 16.3. The fourth-order valence-electron chi connectivity index (χ4n) is 3.28. The van der Waals surface area contributed by atoms with Gasteiger partial charge in [-0.2, -0.15) is 4.31 Å². The molecule has 2 aliphatic heterocycles. The molecule has 1 amide bonds. The molecule has 1 atom stereocenters. The number of carbonyl (C=O) groups excluding carboxylic acids is 1. The zero-order valence-corrected chi connectivity index (χ0v) is 13.9. The summed E-state index contributed by atoms with van der Waals surface area (Å²) in [6, 6.07) is 7.90. The Labute approximate surface area is 137 Å². The molecule has 126 valence electrons. The maximum absolute atomic E-state index is 12.8. The normalized spacial score (nSPS) is 23.7. The molecule has 2 fully saturated rings. The third kappa shape index (κ3) is 3.57. The second kappa shape index (κ2) is 6.98. The van der Waals surface area contributed by atoms with Gasteiger partial charge < -0.3 is 10.6 Å². The molecule has 2 heterocycles. The number of rotatable bonds is 4. The Kier molecular flexibility index (Phi) is 4.99. The van der Waals surface area contributed by atoms with E-state index < -0.39 is 16.1 Å². The van der Waals surface area contributed by atoms with Gasteiger partial charge >= 0.3 is 0 Å². The molecule has 6 nitrogen and oxygen atoms in total. The van der Waals surface area contributed by atoms with Crippen LogP contribution in [0.2, 0.25) is 0 Å². The zero-order valence-electron chi connectivity index (χ0n) is 13.1. The van der Waals surface area contributed by atoms with E-state index in [9.17, 15) is 13.2 Å². The molecule has 1 unspecified atom stereocenters. The Morgan fingerprint density at radius 3 is 2.52 bits per heavy atom. The lowest BCUT2D eigenvalue weighted by atomic mass is 10.1. The number of piperidine rings is 1. The van der Waals surface area contributed by atoms with Gasteiger partial charge in [-0.1, -0.05) is 18.2 Å². The van der Waals surface area contributed by atoms with Crippen LogP contribution in [0.1, 0.15) is 25.7 Å². The number of hydrogen-bond donors (Lipinski definition) is 2. The number of amides is 1. The molecule has 0 aromatic heterocycles. The molecule has 2 saturated heterocycles. The van der Waals surface area contributed by atoms with Gasteiger partial charge in [0.05, 0.1) is 4.90 Å². The Morgan fingerprint density at radius 1 is 1.13 bits per heavy atom. The first-order valence-electron chi connectivity index (χ1n) is 8.17. The average molecular weight is 337 g/mol. The second-order valence-electron chi connectivity index (χ2n) is 6.12. The fourth-order valence-corrected chi connectivity index (χ4v) is 4.96. The van der Waals surface area contributed by atoms with E-state index >= 15 is 0 Å². The van der Waals surface area contributed by atoms with Crippen LogP contribution in [-0.2, 0) is 14.8 Å². The summed E-state index contributed by atoms with van der Waals surface area (Å²) in [4.78, 5) is 12.8. The van der Waals surface area contributed by atoms with E-state index in [1.807, 2.05) is 0 Å². The topological polar surface area (TPSA) is 78.5 Å². The molecule has 3 rings (SSSR count). The van der Waals surface area contributed by atoms with E-state index in [0.29, 0.717) is 13.0 Å². The third-order valence-electron chi connectivity index (χ3n) is 4.54. The molecular formula is C16H23N3O3S. The van der Waals surface area contributed by atoms with Gasteiger partial charge in [0.1, 0.15) is 6.04 Å². The van der Waals surface area contributed by atoms with Crippen LogP contribution >= 0.6 is 0 Å². The van der Waals surface area contributed by atoms with Crippen LogP contribution in [0.25, 0.3) is 0 Å². The van der Waals surface area contributed by atoms with Gasteiger partial charge in [-0.15, -0.1) is 0 Å². The van der Waals surface area contributed by atoms with Crippen molar-refractivity contribution >= 4 is 15.9 Å². The van der Waals surface area contributed by atoms with E-state index in [-0.39, 0.29) is 16.8 Å². The number of benzene rings is 1. The monoisotopic (exact) mass is 337 g/mol. The van der Waals surface area contributed by atoms with E-state index in [1.165, 1.54) is 4.31 Å². The molecule has 0 spiro atoms. The van der Waals surface area contributed by atoms with Crippen molar-refractivity contribution in [3.05, 3.63) is 30.3 Å². The average Bonchev–Trinajstić information content (AvgIpc) is 3.07. The highest BCUT2D eigenvalue weighted by molar-refractivity contribution is 7.89. The van der Waals surface area contributed by atoms with Crippen molar-refractivity contribution in [2.24, 2.45) is 0 Å². The highest BCUT2D eigenvalue weighted by Crippen LogP contribution is 2.26. The van der Waals surface area contributed by atoms with Crippen LogP contribution in [0.3, 0.4) is 0 Å². The number of hydrogen-bond acceptors (Lipinski definition) is 4. The van der Waals surface area contributed by atoms with Gasteiger partial charge in [-0.3, -0.25) is 4.79 Å². The smallest absolute Gasteiger partial charge is 0.243 e. The first-order chi connectivity index (χ1) is 11.1. The molecular weight excluding hydrogens is 314 g/mol. The van der Waals surface area contributed by atoms with Crippen molar-refractivity contribution in [2.45, 2.75) is 42.7 Å². The lowest BCUT2D eigenvalue weighted by molar-refractivity contribution is -0.125. The molecule has 7 heteroatoms. The molecule has 1 aromatic rings. The van der Waals surface area contributed by atoms with Crippen molar-refractivity contribution < 1.29 is 13.2 Å². The number of nitrogens with zero attached hydrogens (tertiary/aromatic N) is 1. The van der Waals surface area contributed by atoms with Crippen LogP contribution in [0, 0.1) is 0 Å². The predicted molar refractivity (Wildman–Crippen MR) is 87.4 cm³/mol. The summed E-state index contributed by atoms with van der Waals surface area (Å²) in [5.74, 6) is -0.158. The highest BCUT2D eigenvalue weighted by Gasteiger charge is 2.39. The van der Waals surface area contributed by atoms with Crippen LogP contribution in [0.15, 0.2) is 35.2 Å². The first kappa shape index (κ1) is 16.4. The lowest BCUT2D eigenvalue weighted by Gasteiger charge is -2.28. The summed E-state index contributed by atoms with van der Waals surface area (Å²) in [6.45, 7) is 2.19. The Bertz CT molecular complexity index is 642. The standard InChI is InChI=1S/C16H23N3O3S/c20-16(18-13-8-10-17-11-9-13)15-7-4-12-19(15)23(21,22)14-5-2-1-3-6-14/h1-3,5-6,13,15,17H,4,7-12H2,(H,18,20). The summed E-state index contributed by atoms with van der Waals surface area (Å²) in [7, 11) is -3.61. The third-order valence-corrected chi connectivity index (χ3v) is 6.46. The fraction of sp³-hybridized carbons (Fsp3) is 0.562. The van der Waals surface area contributed by atoms with Crippen LogP contribution in [-0.4, -0.2) is 50.3 Å². The summed E-state index contributed by atoms with van der Waals surface area (Å²) in [6.07, 6.45) is 3.09. The maximum atomic E-state index is 12.8. The van der Waals surface area contributed by atoms with Gasteiger partial charge in [-0.05, 0) is 50.9 Å². The molecule has 0 bridgehead atoms. The van der Waals surface area contributed by atoms with Gasteiger partial charge in [0.15, 0.2) is 0 Å². The van der Waals surface area contributed by atoms with Crippen LogP contribution in [0.4, 0.5) is 0 Å². The Balaban J connectivity index is 1.73. The molecule has 0 radical (unpaired) electrons. The molecule has 0 saturated carbocycles. The van der Waals surface area contributed by atoms with Gasteiger partial charge in [0.2, 0.25) is 15.9 Å². The quantitative estimate of drug-likeness (QED) is 0.848. The van der Waals surface area contributed by atoms with E-state index in [2.05, 4.69) is 10.6 Å². The minimum atomic E-state index is -3.61. The minimum Gasteiger partial charge on any atom is -0.352 e. The number of sulfonamides is 1. The highest BCUT2D eigenvalue weighted by atomic mass is 32.2. The van der Waals surface area contributed by atoms with Crippen molar-refractivity contribution in [3.8, 4) is 0 Å². The Morgan fingerprint density at radius 2 is 1.83 bits per heavy atom. The van der Waals surface area contributed by atoms with Crippen molar-refractivity contribution in [1.29, 1.82) is 0 Å². The summed E-state index contributed by atoms with van der Waals surface area (Å²) < 4.78 is 26.9. The maximum Gasteiger partial charge on any atom is 0.243 e. The summed E-state index contributed by atoms with van der Waals surface area (Å²) >= 11 is 0. The number of nitrogens with one attached hydrogen (secondary N) is 2. The molecule has 23 heavy (non-hydrogen) atoms. The minimum absolute atomic E-state index is 0.144. The lowest BCUT2D eigenvalue weighted by Crippen LogP contribution is -2.50. The van der Waals surface area contributed by atoms with E-state index in [1.54, 1.807) is 30.3 Å². The largest absolute Gasteiger partial charge is 0.352 e. The molecule has 2 aliphatic rings. The summed E-state index contributed by atoms with van der Waals surface area (Å²) in [5, 5.41) is 6.28. The van der Waals surface area contributed by atoms with E-state index in [0.717, 1.165) is 32.4 Å². The van der Waals surface area contributed by atoms with Crippen LogP contribution in [0.5, 0.6) is 0 Å². The van der Waals surface area contributed by atoms with E-state index in [4.69, 9.17) is 0 Å². The molecule has 0 aliphatic carbocycles. The van der Waals surface area contributed by atoms with Crippen molar-refractivity contribution in [3.63, 3.8) is 0 Å². The first-order valence-corrected chi connectivity index (χ1v) is 9.61. The van der Waals surface area contributed by atoms with Crippen molar-refractivity contribution in [2.75, 3.05) is 19.6 Å². The van der Waals surface area contributed by atoms with Gasteiger partial charge in [0, 0.05) is 12.6 Å². The Hall–Kier alpha value is -1.44. The van der Waals surface area contributed by atoms with Gasteiger partial charge in [0.25, 0.3) is 0 Å². The second-order valence-corrected chi connectivity index (χ2v) is 8.01. The van der Waals surface area contributed by atoms with Crippen LogP contribution < -0.4 is 10.6 Å².